The van der Waals surface area contributed by atoms with Gasteiger partial charge in [-0.2, -0.15) is 0 Å². The molecule has 0 amide bonds. The molecule has 3 heteroatoms. The molecule has 0 saturated carbocycles. The van der Waals surface area contributed by atoms with Crippen LogP contribution in [-0.2, 0) is 0 Å². The minimum absolute atomic E-state index is 0.634. The van der Waals surface area contributed by atoms with Gasteiger partial charge in [0.1, 0.15) is 0 Å². The summed E-state index contributed by atoms with van der Waals surface area (Å²) in [6.07, 6.45) is 1.84. The average Bonchev–Trinajstić information content (AvgIpc) is 2.31. The van der Waals surface area contributed by atoms with Gasteiger partial charge >= 0.3 is 0 Å². The number of fused-ring (bicyclic) bond motifs is 1. The smallest absolute Gasteiger partial charge is 0.0754 e. The summed E-state index contributed by atoms with van der Waals surface area (Å²) in [7, 11) is 0. The molecule has 0 unspecified atom stereocenters. The average molecular weight is 215 g/mol. The van der Waals surface area contributed by atoms with E-state index in [4.69, 9.17) is 5.73 Å². The minimum atomic E-state index is 0.634. The number of pyridine rings is 1. The Morgan fingerprint density at radius 3 is 2.81 bits per heavy atom. The Hall–Kier alpha value is -1.61. The first-order chi connectivity index (χ1) is 7.74. The zero-order valence-corrected chi connectivity index (χ0v) is 9.75. The highest BCUT2D eigenvalue weighted by molar-refractivity contribution is 5.93. The van der Waals surface area contributed by atoms with Gasteiger partial charge in [0.2, 0.25) is 0 Å². The second-order valence-electron chi connectivity index (χ2n) is 3.98. The predicted molar refractivity (Wildman–Crippen MR) is 68.8 cm³/mol. The van der Waals surface area contributed by atoms with E-state index >= 15 is 0 Å². The summed E-state index contributed by atoms with van der Waals surface area (Å²) < 4.78 is 0. The summed E-state index contributed by atoms with van der Waals surface area (Å²) in [4.78, 5) is 4.44. The van der Waals surface area contributed by atoms with Crippen LogP contribution in [0, 0.1) is 13.8 Å². The topological polar surface area (TPSA) is 50.9 Å². The minimum Gasteiger partial charge on any atom is -0.383 e. The van der Waals surface area contributed by atoms with E-state index in [-0.39, 0.29) is 0 Å². The molecular formula is C13H17N3. The lowest BCUT2D eigenvalue weighted by molar-refractivity contribution is 1.03. The zero-order valence-electron chi connectivity index (χ0n) is 9.75. The summed E-state index contributed by atoms with van der Waals surface area (Å²) >= 11 is 0. The number of anilines is 1. The number of benzene rings is 1. The van der Waals surface area contributed by atoms with Gasteiger partial charge in [-0.3, -0.25) is 4.98 Å². The van der Waals surface area contributed by atoms with Crippen molar-refractivity contribution in [2.45, 2.75) is 13.8 Å². The van der Waals surface area contributed by atoms with Gasteiger partial charge in [-0.05, 0) is 31.0 Å². The van der Waals surface area contributed by atoms with Gasteiger partial charge in [-0.1, -0.05) is 12.1 Å². The van der Waals surface area contributed by atoms with Crippen LogP contribution in [0.3, 0.4) is 0 Å². The SMILES string of the molecule is Cc1ccc2c(NCCN)ccnc2c1C. The number of aryl methyl sites for hydroxylation is 2. The molecule has 0 aliphatic carbocycles. The molecule has 16 heavy (non-hydrogen) atoms. The predicted octanol–water partition coefficient (Wildman–Crippen LogP) is 2.22. The Morgan fingerprint density at radius 1 is 1.25 bits per heavy atom. The lowest BCUT2D eigenvalue weighted by Gasteiger charge is -2.10. The zero-order chi connectivity index (χ0) is 11.5. The summed E-state index contributed by atoms with van der Waals surface area (Å²) in [6, 6.07) is 6.24. The summed E-state index contributed by atoms with van der Waals surface area (Å²) in [6.45, 7) is 5.63. The lowest BCUT2D eigenvalue weighted by Crippen LogP contribution is -2.13. The van der Waals surface area contributed by atoms with Gasteiger partial charge in [-0.15, -0.1) is 0 Å². The monoisotopic (exact) mass is 215 g/mol. The molecule has 0 radical (unpaired) electrons. The molecule has 0 aliphatic heterocycles. The number of nitrogens with two attached hydrogens (primary N) is 1. The van der Waals surface area contributed by atoms with Gasteiger partial charge in [0.25, 0.3) is 0 Å². The third kappa shape index (κ3) is 1.86. The van der Waals surface area contributed by atoms with Crippen molar-refractivity contribution in [2.24, 2.45) is 5.73 Å². The van der Waals surface area contributed by atoms with Gasteiger partial charge < -0.3 is 11.1 Å². The first-order valence-corrected chi connectivity index (χ1v) is 5.53. The van der Waals surface area contributed by atoms with Crippen molar-refractivity contribution < 1.29 is 0 Å². The number of hydrogen-bond donors (Lipinski definition) is 2. The number of aromatic nitrogens is 1. The third-order valence-electron chi connectivity index (χ3n) is 2.90. The van der Waals surface area contributed by atoms with Crippen molar-refractivity contribution in [2.75, 3.05) is 18.4 Å². The summed E-state index contributed by atoms with van der Waals surface area (Å²) in [5.41, 5.74) is 10.2. The second-order valence-corrected chi connectivity index (χ2v) is 3.98. The molecule has 0 fully saturated rings. The van der Waals surface area contributed by atoms with E-state index in [1.807, 2.05) is 12.3 Å². The van der Waals surface area contributed by atoms with Gasteiger partial charge in [-0.25, -0.2) is 0 Å². The largest absolute Gasteiger partial charge is 0.383 e. The fourth-order valence-corrected chi connectivity index (χ4v) is 1.82. The van der Waals surface area contributed by atoms with Crippen molar-refractivity contribution in [3.63, 3.8) is 0 Å². The Balaban J connectivity index is 2.56. The molecule has 1 heterocycles. The van der Waals surface area contributed by atoms with Crippen molar-refractivity contribution in [1.82, 2.24) is 4.98 Å². The van der Waals surface area contributed by atoms with Crippen molar-refractivity contribution in [1.29, 1.82) is 0 Å². The number of nitrogens with zero attached hydrogens (tertiary/aromatic N) is 1. The molecule has 3 nitrogen and oxygen atoms in total. The molecule has 0 aliphatic rings. The van der Waals surface area contributed by atoms with Crippen LogP contribution in [-0.4, -0.2) is 18.1 Å². The van der Waals surface area contributed by atoms with Crippen LogP contribution in [0.5, 0.6) is 0 Å². The molecule has 0 bridgehead atoms. The maximum Gasteiger partial charge on any atom is 0.0754 e. The maximum atomic E-state index is 5.50. The summed E-state index contributed by atoms with van der Waals surface area (Å²) in [5, 5.41) is 4.48. The molecule has 84 valence electrons. The molecule has 2 rings (SSSR count). The number of nitrogens with one attached hydrogen (secondary N) is 1. The highest BCUT2D eigenvalue weighted by Gasteiger charge is 2.05. The van der Waals surface area contributed by atoms with E-state index in [1.165, 1.54) is 16.5 Å². The fourth-order valence-electron chi connectivity index (χ4n) is 1.82. The van der Waals surface area contributed by atoms with Crippen LogP contribution in [0.1, 0.15) is 11.1 Å². The quantitative estimate of drug-likeness (QED) is 0.825. The molecular weight excluding hydrogens is 198 g/mol. The van der Waals surface area contributed by atoms with Crippen LogP contribution in [0.15, 0.2) is 24.4 Å². The summed E-state index contributed by atoms with van der Waals surface area (Å²) in [5.74, 6) is 0. The Labute approximate surface area is 95.7 Å². The molecule has 0 atom stereocenters. The first-order valence-electron chi connectivity index (χ1n) is 5.53. The van der Waals surface area contributed by atoms with E-state index in [2.05, 4.69) is 36.3 Å². The normalized spacial score (nSPS) is 10.7. The second kappa shape index (κ2) is 4.49. The Morgan fingerprint density at radius 2 is 2.06 bits per heavy atom. The fraction of sp³-hybridized carbons (Fsp3) is 0.308. The molecule has 2 aromatic rings. The molecule has 1 aromatic carbocycles. The van der Waals surface area contributed by atoms with Crippen LogP contribution in [0.2, 0.25) is 0 Å². The van der Waals surface area contributed by atoms with E-state index in [0.717, 1.165) is 17.7 Å². The molecule has 0 saturated heterocycles. The van der Waals surface area contributed by atoms with Crippen LogP contribution >= 0.6 is 0 Å². The van der Waals surface area contributed by atoms with Crippen molar-refractivity contribution >= 4 is 16.6 Å². The Bertz CT molecular complexity index is 506. The highest BCUT2D eigenvalue weighted by Crippen LogP contribution is 2.25. The lowest BCUT2D eigenvalue weighted by atomic mass is 10.0. The van der Waals surface area contributed by atoms with E-state index < -0.39 is 0 Å². The van der Waals surface area contributed by atoms with E-state index in [1.54, 1.807) is 0 Å². The van der Waals surface area contributed by atoms with Gasteiger partial charge in [0.15, 0.2) is 0 Å². The highest BCUT2D eigenvalue weighted by atomic mass is 14.9. The van der Waals surface area contributed by atoms with E-state index in [9.17, 15) is 0 Å². The third-order valence-corrected chi connectivity index (χ3v) is 2.90. The maximum absolute atomic E-state index is 5.50. The van der Waals surface area contributed by atoms with Crippen LogP contribution < -0.4 is 11.1 Å². The molecule has 1 aromatic heterocycles. The number of hydrogen-bond acceptors (Lipinski definition) is 3. The standard InChI is InChI=1S/C13H17N3/c1-9-3-4-11-12(15-8-6-14)5-7-16-13(11)10(9)2/h3-5,7H,6,8,14H2,1-2H3,(H,15,16). The molecule has 0 spiro atoms. The number of rotatable bonds is 3. The molecule has 3 N–H and O–H groups in total. The van der Waals surface area contributed by atoms with Crippen molar-refractivity contribution in [3.05, 3.63) is 35.5 Å². The van der Waals surface area contributed by atoms with Crippen LogP contribution in [0.4, 0.5) is 5.69 Å². The van der Waals surface area contributed by atoms with Gasteiger partial charge in [0, 0.05) is 30.4 Å². The Kier molecular flexibility index (Phi) is 3.06. The first kappa shape index (κ1) is 10.9. The van der Waals surface area contributed by atoms with Crippen molar-refractivity contribution in [3.8, 4) is 0 Å². The van der Waals surface area contributed by atoms with E-state index in [0.29, 0.717) is 6.54 Å². The van der Waals surface area contributed by atoms with Gasteiger partial charge in [0.05, 0.1) is 5.52 Å². The van der Waals surface area contributed by atoms with Crippen LogP contribution in [0.25, 0.3) is 10.9 Å².